The lowest BCUT2D eigenvalue weighted by Gasteiger charge is -2.08. The smallest absolute Gasteiger partial charge is 0.253 e. The molecule has 2 rings (SSSR count). The van der Waals surface area contributed by atoms with Crippen LogP contribution in [-0.4, -0.2) is 22.5 Å². The Morgan fingerprint density at radius 2 is 2.36 bits per heavy atom. The Bertz CT molecular complexity index is 376. The first kappa shape index (κ1) is 9.15. The summed E-state index contributed by atoms with van der Waals surface area (Å²) in [6, 6.07) is 3.48. The van der Waals surface area contributed by atoms with E-state index in [0.29, 0.717) is 24.2 Å². The molecule has 1 aliphatic heterocycles. The molecule has 1 aliphatic rings. The number of amides is 1. The average molecular weight is 192 g/mol. The molecule has 1 amide bonds. The van der Waals surface area contributed by atoms with Gasteiger partial charge in [-0.05, 0) is 25.5 Å². The molecule has 4 nitrogen and oxygen atoms in total. The highest BCUT2D eigenvalue weighted by Gasteiger charge is 2.22. The fourth-order valence-corrected chi connectivity index (χ4v) is 1.58. The number of rotatable bonds is 0. The average Bonchev–Trinajstić information content (AvgIpc) is 2.28. The third-order valence-electron chi connectivity index (χ3n) is 2.33. The molecule has 2 heterocycles. The third kappa shape index (κ3) is 1.48. The second-order valence-corrected chi connectivity index (χ2v) is 3.45. The zero-order chi connectivity index (χ0) is 10.1. The molecule has 1 atom stereocenters. The molecule has 1 aromatic heterocycles. The molecule has 2 N–H and O–H groups in total. The minimum absolute atomic E-state index is 0.149. The monoisotopic (exact) mass is 192 g/mol. The largest absolute Gasteiger partial charge is 0.387 e. The molecule has 0 fully saturated rings. The number of carbonyl (C=O) groups excluding carboxylic acids is 1. The van der Waals surface area contributed by atoms with Crippen LogP contribution in [0.25, 0.3) is 0 Å². The zero-order valence-corrected chi connectivity index (χ0v) is 7.95. The zero-order valence-electron chi connectivity index (χ0n) is 7.95. The predicted molar refractivity (Wildman–Crippen MR) is 50.9 cm³/mol. The number of fused-ring (bicyclic) bond motifs is 1. The molecule has 4 heteroatoms. The Balaban J connectivity index is 2.54. The maximum atomic E-state index is 11.5. The summed E-state index contributed by atoms with van der Waals surface area (Å²) in [5.74, 6) is -0.149. The number of aliphatic hydroxyl groups is 1. The summed E-state index contributed by atoms with van der Waals surface area (Å²) in [6.07, 6.45) is -0.112. The lowest BCUT2D eigenvalue weighted by atomic mass is 10.1. The summed E-state index contributed by atoms with van der Waals surface area (Å²) in [5, 5.41) is 12.4. The first-order chi connectivity index (χ1) is 6.68. The van der Waals surface area contributed by atoms with Gasteiger partial charge in [0, 0.05) is 12.2 Å². The lowest BCUT2D eigenvalue weighted by Crippen LogP contribution is -2.22. The van der Waals surface area contributed by atoms with E-state index in [1.807, 2.05) is 6.92 Å². The van der Waals surface area contributed by atoms with Crippen molar-refractivity contribution in [1.29, 1.82) is 0 Å². The van der Waals surface area contributed by atoms with Crippen molar-refractivity contribution in [1.82, 2.24) is 10.3 Å². The van der Waals surface area contributed by atoms with Gasteiger partial charge in [0.05, 0.1) is 17.4 Å². The quantitative estimate of drug-likeness (QED) is 0.631. The van der Waals surface area contributed by atoms with E-state index in [9.17, 15) is 9.90 Å². The van der Waals surface area contributed by atoms with Crippen molar-refractivity contribution in [3.63, 3.8) is 0 Å². The molecule has 74 valence electrons. The molecule has 1 aromatic rings. The normalized spacial score (nSPS) is 21.0. The number of nitrogens with one attached hydrogen (secondary N) is 1. The molecule has 0 saturated carbocycles. The van der Waals surface area contributed by atoms with E-state index >= 15 is 0 Å². The minimum atomic E-state index is -0.635. The third-order valence-corrected chi connectivity index (χ3v) is 2.33. The topological polar surface area (TPSA) is 62.2 Å². The number of aromatic nitrogens is 1. The highest BCUT2D eigenvalue weighted by Crippen LogP contribution is 2.21. The summed E-state index contributed by atoms with van der Waals surface area (Å²) >= 11 is 0. The molecular formula is C10H12N2O2. The maximum absolute atomic E-state index is 11.5. The van der Waals surface area contributed by atoms with Gasteiger partial charge in [-0.3, -0.25) is 9.78 Å². The van der Waals surface area contributed by atoms with Crippen molar-refractivity contribution >= 4 is 5.91 Å². The van der Waals surface area contributed by atoms with Gasteiger partial charge in [-0.15, -0.1) is 0 Å². The predicted octanol–water partition coefficient (Wildman–Crippen LogP) is 0.557. The van der Waals surface area contributed by atoms with E-state index in [1.54, 1.807) is 12.1 Å². The van der Waals surface area contributed by atoms with Crippen LogP contribution in [0.5, 0.6) is 0 Å². The molecule has 0 spiro atoms. The van der Waals surface area contributed by atoms with Crippen molar-refractivity contribution in [2.24, 2.45) is 0 Å². The number of hydrogen-bond acceptors (Lipinski definition) is 3. The number of aliphatic hydroxyl groups excluding tert-OH is 1. The van der Waals surface area contributed by atoms with E-state index < -0.39 is 6.10 Å². The van der Waals surface area contributed by atoms with Gasteiger partial charge in [0.25, 0.3) is 5.91 Å². The van der Waals surface area contributed by atoms with Gasteiger partial charge in [-0.1, -0.05) is 0 Å². The summed E-state index contributed by atoms with van der Waals surface area (Å²) in [5.41, 5.74) is 1.80. The SMILES string of the molecule is Cc1ccc2c(n1)C(O)CCNC2=O. The van der Waals surface area contributed by atoms with E-state index in [1.165, 1.54) is 0 Å². The van der Waals surface area contributed by atoms with Crippen LogP contribution in [0.3, 0.4) is 0 Å². The Morgan fingerprint density at radius 3 is 3.14 bits per heavy atom. The molecule has 0 aromatic carbocycles. The van der Waals surface area contributed by atoms with Crippen LogP contribution < -0.4 is 5.32 Å². The Kier molecular flexibility index (Phi) is 2.21. The number of nitrogens with zero attached hydrogens (tertiary/aromatic N) is 1. The van der Waals surface area contributed by atoms with Crippen molar-refractivity contribution in [2.75, 3.05) is 6.54 Å². The standard InChI is InChI=1S/C10H12N2O2/c1-6-2-3-7-9(12-6)8(13)4-5-11-10(7)14/h2-3,8,13H,4-5H2,1H3,(H,11,14). The fourth-order valence-electron chi connectivity index (χ4n) is 1.58. The molecule has 0 radical (unpaired) electrons. The fraction of sp³-hybridized carbons (Fsp3) is 0.400. The minimum Gasteiger partial charge on any atom is -0.387 e. The van der Waals surface area contributed by atoms with E-state index in [-0.39, 0.29) is 5.91 Å². The summed E-state index contributed by atoms with van der Waals surface area (Å²) in [6.45, 7) is 2.34. The number of hydrogen-bond donors (Lipinski definition) is 2. The van der Waals surface area contributed by atoms with Gasteiger partial charge in [0.2, 0.25) is 0 Å². The summed E-state index contributed by atoms with van der Waals surface area (Å²) in [4.78, 5) is 15.7. The molecule has 0 saturated heterocycles. The van der Waals surface area contributed by atoms with E-state index in [2.05, 4.69) is 10.3 Å². The Hall–Kier alpha value is -1.42. The van der Waals surface area contributed by atoms with Crippen LogP contribution >= 0.6 is 0 Å². The van der Waals surface area contributed by atoms with Crippen LogP contribution in [0.15, 0.2) is 12.1 Å². The number of carbonyl (C=O) groups is 1. The molecule has 14 heavy (non-hydrogen) atoms. The van der Waals surface area contributed by atoms with Crippen LogP contribution in [-0.2, 0) is 0 Å². The highest BCUT2D eigenvalue weighted by atomic mass is 16.3. The summed E-state index contributed by atoms with van der Waals surface area (Å²) < 4.78 is 0. The first-order valence-corrected chi connectivity index (χ1v) is 4.62. The van der Waals surface area contributed by atoms with Crippen molar-refractivity contribution in [2.45, 2.75) is 19.4 Å². The van der Waals surface area contributed by atoms with Gasteiger partial charge in [-0.2, -0.15) is 0 Å². The molecule has 1 unspecified atom stereocenters. The van der Waals surface area contributed by atoms with Crippen molar-refractivity contribution in [3.8, 4) is 0 Å². The van der Waals surface area contributed by atoms with E-state index in [4.69, 9.17) is 0 Å². The van der Waals surface area contributed by atoms with Crippen molar-refractivity contribution < 1.29 is 9.90 Å². The van der Waals surface area contributed by atoms with Crippen LogP contribution in [0.4, 0.5) is 0 Å². The first-order valence-electron chi connectivity index (χ1n) is 4.62. The van der Waals surface area contributed by atoms with Crippen molar-refractivity contribution in [3.05, 3.63) is 29.1 Å². The molecular weight excluding hydrogens is 180 g/mol. The maximum Gasteiger partial charge on any atom is 0.253 e. The van der Waals surface area contributed by atoms with Crippen LogP contribution in [0.2, 0.25) is 0 Å². The number of pyridine rings is 1. The Labute approximate surface area is 82.0 Å². The molecule has 0 aliphatic carbocycles. The highest BCUT2D eigenvalue weighted by molar-refractivity contribution is 5.95. The molecule has 0 bridgehead atoms. The van der Waals surface area contributed by atoms with Gasteiger partial charge in [-0.25, -0.2) is 0 Å². The van der Waals surface area contributed by atoms with Crippen LogP contribution in [0, 0.1) is 6.92 Å². The summed E-state index contributed by atoms with van der Waals surface area (Å²) in [7, 11) is 0. The second-order valence-electron chi connectivity index (χ2n) is 3.45. The van der Waals surface area contributed by atoms with Gasteiger partial charge < -0.3 is 10.4 Å². The van der Waals surface area contributed by atoms with Crippen LogP contribution in [0.1, 0.15) is 34.3 Å². The van der Waals surface area contributed by atoms with Gasteiger partial charge in [0.1, 0.15) is 0 Å². The van der Waals surface area contributed by atoms with E-state index in [0.717, 1.165) is 5.69 Å². The lowest BCUT2D eigenvalue weighted by molar-refractivity contribution is 0.0955. The Morgan fingerprint density at radius 1 is 1.57 bits per heavy atom. The number of aryl methyl sites for hydroxylation is 1. The second kappa shape index (κ2) is 3.38. The van der Waals surface area contributed by atoms with Gasteiger partial charge in [0.15, 0.2) is 0 Å². The van der Waals surface area contributed by atoms with Gasteiger partial charge >= 0.3 is 0 Å².